The number of carbonyl (C=O) groups is 2. The number of benzene rings is 3. The predicted octanol–water partition coefficient (Wildman–Crippen LogP) is 5.89. The lowest BCUT2D eigenvalue weighted by Crippen LogP contribution is -2.44. The summed E-state index contributed by atoms with van der Waals surface area (Å²) in [5.74, 6) is 0.403. The summed E-state index contributed by atoms with van der Waals surface area (Å²) in [4.78, 5) is 28.2. The molecule has 0 saturated carbocycles. The molecule has 0 saturated heterocycles. The fourth-order valence-electron chi connectivity index (χ4n) is 4.52. The molecule has 2 amide bonds. The molecule has 188 valence electrons. The molecule has 6 nitrogen and oxygen atoms in total. The van der Waals surface area contributed by atoms with E-state index >= 15 is 0 Å². The van der Waals surface area contributed by atoms with Crippen LogP contribution in [0.15, 0.2) is 84.9 Å². The molecule has 0 spiro atoms. The molecule has 0 fully saturated rings. The van der Waals surface area contributed by atoms with Crippen molar-refractivity contribution in [1.29, 1.82) is 0 Å². The Morgan fingerprint density at radius 1 is 1.03 bits per heavy atom. The van der Waals surface area contributed by atoms with Gasteiger partial charge in [-0.25, -0.2) is 4.68 Å². The average Bonchev–Trinajstić information content (AvgIpc) is 3.23. The number of hydrogen-bond acceptors (Lipinski definition) is 4. The number of nitrogens with one attached hydrogen (secondary N) is 1. The van der Waals surface area contributed by atoms with Gasteiger partial charge in [-0.05, 0) is 37.6 Å². The molecule has 8 heteroatoms. The number of amides is 2. The molecule has 1 aliphatic rings. The molecule has 0 radical (unpaired) electrons. The van der Waals surface area contributed by atoms with Crippen LogP contribution in [0, 0.1) is 0 Å². The first-order chi connectivity index (χ1) is 17.9. The summed E-state index contributed by atoms with van der Waals surface area (Å²) >= 11 is 8.21. The highest BCUT2D eigenvalue weighted by molar-refractivity contribution is 8.00. The smallest absolute Gasteiger partial charge is 0.240 e. The predicted molar refractivity (Wildman–Crippen MR) is 150 cm³/mol. The number of thioether (sulfide) groups is 1. The Morgan fingerprint density at radius 2 is 1.68 bits per heavy atom. The van der Waals surface area contributed by atoms with Gasteiger partial charge in [0.2, 0.25) is 11.8 Å². The quantitative estimate of drug-likeness (QED) is 0.338. The van der Waals surface area contributed by atoms with Crippen molar-refractivity contribution in [3.05, 3.63) is 101 Å². The van der Waals surface area contributed by atoms with Crippen LogP contribution >= 0.6 is 23.4 Å². The molecule has 2 heterocycles. The highest BCUT2D eigenvalue weighted by atomic mass is 35.5. The van der Waals surface area contributed by atoms with E-state index in [9.17, 15) is 9.59 Å². The molecule has 0 aliphatic carbocycles. The number of fused-ring (bicyclic) bond motifs is 1. The van der Waals surface area contributed by atoms with Crippen molar-refractivity contribution in [2.24, 2.45) is 0 Å². The molecule has 1 unspecified atom stereocenters. The molecular weight excluding hydrogens is 504 g/mol. The first kappa shape index (κ1) is 25.1. The highest BCUT2D eigenvalue weighted by Crippen LogP contribution is 2.49. The molecular formula is C29H27ClN4O2S. The van der Waals surface area contributed by atoms with Gasteiger partial charge in [-0.15, -0.1) is 11.8 Å². The Hall–Kier alpha value is -3.55. The lowest BCUT2D eigenvalue weighted by Gasteiger charge is -2.24. The summed E-state index contributed by atoms with van der Waals surface area (Å²) in [5, 5.41) is 8.34. The number of hydrogen-bond donors (Lipinski definition) is 1. The van der Waals surface area contributed by atoms with Gasteiger partial charge >= 0.3 is 0 Å². The topological polar surface area (TPSA) is 67.2 Å². The van der Waals surface area contributed by atoms with Crippen LogP contribution in [0.1, 0.15) is 30.2 Å². The number of para-hydroxylation sites is 1. The second-order valence-electron chi connectivity index (χ2n) is 9.11. The summed E-state index contributed by atoms with van der Waals surface area (Å²) in [6.07, 6.45) is 0. The van der Waals surface area contributed by atoms with E-state index in [1.807, 2.05) is 98.8 Å². The third-order valence-electron chi connectivity index (χ3n) is 6.08. The van der Waals surface area contributed by atoms with Gasteiger partial charge in [0.05, 0.1) is 22.4 Å². The first-order valence-electron chi connectivity index (χ1n) is 12.1. The van der Waals surface area contributed by atoms with Crippen LogP contribution in [0.3, 0.4) is 0 Å². The number of halogens is 1. The summed E-state index contributed by atoms with van der Waals surface area (Å²) < 4.78 is 1.79. The molecule has 1 N–H and O–H groups in total. The van der Waals surface area contributed by atoms with Gasteiger partial charge in [0.25, 0.3) is 0 Å². The van der Waals surface area contributed by atoms with E-state index in [1.165, 1.54) is 11.8 Å². The maximum absolute atomic E-state index is 13.6. The monoisotopic (exact) mass is 530 g/mol. The van der Waals surface area contributed by atoms with Gasteiger partial charge in [0.1, 0.15) is 12.4 Å². The largest absolute Gasteiger partial charge is 0.352 e. The second-order valence-corrected chi connectivity index (χ2v) is 10.6. The zero-order valence-corrected chi connectivity index (χ0v) is 22.2. The molecule has 5 rings (SSSR count). The van der Waals surface area contributed by atoms with Gasteiger partial charge < -0.3 is 5.32 Å². The van der Waals surface area contributed by atoms with Gasteiger partial charge in [-0.2, -0.15) is 5.10 Å². The Balaban J connectivity index is 1.80. The lowest BCUT2D eigenvalue weighted by molar-refractivity contribution is -0.123. The van der Waals surface area contributed by atoms with Crippen LogP contribution in [0.4, 0.5) is 5.82 Å². The van der Waals surface area contributed by atoms with Crippen LogP contribution in [0.2, 0.25) is 5.02 Å². The zero-order valence-electron chi connectivity index (χ0n) is 20.6. The molecule has 0 bridgehead atoms. The van der Waals surface area contributed by atoms with Crippen LogP contribution in [-0.4, -0.2) is 39.9 Å². The normalized spacial score (nSPS) is 15.4. The lowest BCUT2D eigenvalue weighted by atomic mass is 9.99. The Labute approximate surface area is 225 Å². The maximum atomic E-state index is 13.6. The molecule has 1 aliphatic heterocycles. The molecule has 4 aromatic rings. The van der Waals surface area contributed by atoms with Crippen molar-refractivity contribution in [2.75, 3.05) is 17.2 Å². The van der Waals surface area contributed by atoms with Crippen molar-refractivity contribution in [3.63, 3.8) is 0 Å². The minimum Gasteiger partial charge on any atom is -0.352 e. The molecule has 1 aromatic heterocycles. The summed E-state index contributed by atoms with van der Waals surface area (Å²) in [6, 6.07) is 27.3. The van der Waals surface area contributed by atoms with E-state index in [4.69, 9.17) is 16.7 Å². The summed E-state index contributed by atoms with van der Waals surface area (Å²) in [7, 11) is 0. The van der Waals surface area contributed by atoms with Gasteiger partial charge in [0.15, 0.2) is 0 Å². The van der Waals surface area contributed by atoms with Gasteiger partial charge in [-0.1, -0.05) is 78.3 Å². The minimum atomic E-state index is -0.265. The van der Waals surface area contributed by atoms with Crippen molar-refractivity contribution in [2.45, 2.75) is 25.1 Å². The van der Waals surface area contributed by atoms with Crippen LogP contribution in [-0.2, 0) is 9.59 Å². The van der Waals surface area contributed by atoms with Crippen LogP contribution in [0.25, 0.3) is 16.9 Å². The molecule has 37 heavy (non-hydrogen) atoms. The average molecular weight is 531 g/mol. The van der Waals surface area contributed by atoms with E-state index in [0.29, 0.717) is 10.8 Å². The van der Waals surface area contributed by atoms with Gasteiger partial charge in [-0.3, -0.25) is 14.5 Å². The number of carbonyl (C=O) groups excluding carboxylic acids is 2. The number of aromatic nitrogens is 2. The zero-order chi connectivity index (χ0) is 25.9. The van der Waals surface area contributed by atoms with Crippen molar-refractivity contribution in [3.8, 4) is 16.9 Å². The second kappa shape index (κ2) is 10.8. The van der Waals surface area contributed by atoms with Crippen molar-refractivity contribution >= 4 is 41.0 Å². The minimum absolute atomic E-state index is 0.0433. The van der Waals surface area contributed by atoms with E-state index < -0.39 is 0 Å². The standard InChI is InChI=1S/C29H27ClN4O2S/c1-19(2)31-24(35)17-33-25(36)18-37-28(22-15-9-10-16-23(22)30)26-27(20-11-5-3-6-12-20)32-34(29(26)33)21-13-7-4-8-14-21/h3-16,19,28H,17-18H2,1-2H3,(H,31,35). The Kier molecular flexibility index (Phi) is 7.35. The highest BCUT2D eigenvalue weighted by Gasteiger charge is 2.38. The van der Waals surface area contributed by atoms with Gasteiger partial charge in [0, 0.05) is 22.2 Å². The molecule has 1 atom stereocenters. The van der Waals surface area contributed by atoms with E-state index in [1.54, 1.807) is 9.58 Å². The van der Waals surface area contributed by atoms with E-state index in [0.717, 1.165) is 28.1 Å². The maximum Gasteiger partial charge on any atom is 0.240 e. The first-order valence-corrected chi connectivity index (χ1v) is 13.6. The van der Waals surface area contributed by atoms with Crippen LogP contribution in [0.5, 0.6) is 0 Å². The number of anilines is 1. The third kappa shape index (κ3) is 5.15. The Morgan fingerprint density at radius 3 is 2.35 bits per heavy atom. The van der Waals surface area contributed by atoms with E-state index in [2.05, 4.69) is 5.32 Å². The third-order valence-corrected chi connectivity index (χ3v) is 7.66. The molecule has 3 aromatic carbocycles. The fraction of sp³-hybridized carbons (Fsp3) is 0.207. The fourth-order valence-corrected chi connectivity index (χ4v) is 6.07. The van der Waals surface area contributed by atoms with E-state index in [-0.39, 0.29) is 35.4 Å². The van der Waals surface area contributed by atoms with Crippen molar-refractivity contribution < 1.29 is 9.59 Å². The number of rotatable bonds is 6. The summed E-state index contributed by atoms with van der Waals surface area (Å²) in [5.41, 5.74) is 4.23. The van der Waals surface area contributed by atoms with Crippen molar-refractivity contribution in [1.82, 2.24) is 15.1 Å². The Bertz CT molecular complexity index is 1420. The summed E-state index contributed by atoms with van der Waals surface area (Å²) in [6.45, 7) is 3.70. The number of nitrogens with zero attached hydrogens (tertiary/aromatic N) is 3. The van der Waals surface area contributed by atoms with Crippen LogP contribution < -0.4 is 10.2 Å². The SMILES string of the molecule is CC(C)NC(=O)CN1C(=O)CSC(c2ccccc2Cl)c2c(-c3ccccc3)nn(-c3ccccc3)c21.